The minimum atomic E-state index is -0.412. The Morgan fingerprint density at radius 3 is 3.04 bits per heavy atom. The Balaban J connectivity index is 1.67. The second-order valence-electron chi connectivity index (χ2n) is 7.83. The maximum absolute atomic E-state index is 11.1. The molecule has 4 aliphatic rings. The van der Waals surface area contributed by atoms with Gasteiger partial charge in [0.05, 0.1) is 13.2 Å². The minimum absolute atomic E-state index is 0.115. The van der Waals surface area contributed by atoms with E-state index in [0.29, 0.717) is 18.0 Å². The van der Waals surface area contributed by atoms with Gasteiger partial charge in [0.25, 0.3) is 0 Å². The summed E-state index contributed by atoms with van der Waals surface area (Å²) in [5.41, 5.74) is 2.71. The highest BCUT2D eigenvalue weighted by Gasteiger charge is 2.60. The van der Waals surface area contributed by atoms with Gasteiger partial charge in [-0.3, -0.25) is 4.90 Å². The van der Waals surface area contributed by atoms with Crippen molar-refractivity contribution in [2.24, 2.45) is 5.41 Å². The molecule has 0 amide bonds. The van der Waals surface area contributed by atoms with Gasteiger partial charge in [-0.25, -0.2) is 0 Å². The molecule has 1 aromatic carbocycles. The number of ether oxygens (including phenoxy) is 1. The molecule has 5 atom stereocenters. The van der Waals surface area contributed by atoms with Gasteiger partial charge >= 0.3 is 0 Å². The average Bonchev–Trinajstić information content (AvgIpc) is 2.95. The Hall–Kier alpha value is -1.52. The van der Waals surface area contributed by atoms with Crippen LogP contribution < -0.4 is 9.64 Å². The molecule has 0 radical (unpaired) electrons. The van der Waals surface area contributed by atoms with Crippen molar-refractivity contribution in [2.45, 2.75) is 50.4 Å². The van der Waals surface area contributed by atoms with Crippen LogP contribution in [0.5, 0.6) is 5.75 Å². The summed E-state index contributed by atoms with van der Waals surface area (Å²) in [6, 6.07) is 7.32. The summed E-state index contributed by atoms with van der Waals surface area (Å²) in [5.74, 6) is 1.41. The molecule has 0 aliphatic carbocycles. The molecule has 0 bridgehead atoms. The highest BCUT2D eigenvalue weighted by atomic mass is 16.5. The molecule has 0 unspecified atom stereocenters. The predicted molar refractivity (Wildman–Crippen MR) is 94.5 cm³/mol. The highest BCUT2D eigenvalue weighted by Crippen LogP contribution is 2.58. The molecule has 4 aliphatic heterocycles. The summed E-state index contributed by atoms with van der Waals surface area (Å²) in [6.45, 7) is 4.50. The number of aliphatic hydroxyl groups is 1. The molecule has 0 spiro atoms. The summed E-state index contributed by atoms with van der Waals surface area (Å²) >= 11 is 0. The van der Waals surface area contributed by atoms with E-state index in [0.717, 1.165) is 31.7 Å². The number of hydrogen-bond donors (Lipinski definition) is 1. The first kappa shape index (κ1) is 14.8. The van der Waals surface area contributed by atoms with E-state index in [1.54, 1.807) is 7.11 Å². The van der Waals surface area contributed by atoms with Crippen molar-refractivity contribution in [2.75, 3.05) is 25.1 Å². The molecular weight excluding hydrogens is 300 g/mol. The van der Waals surface area contributed by atoms with Crippen molar-refractivity contribution >= 4 is 5.69 Å². The van der Waals surface area contributed by atoms with Crippen LogP contribution in [0.2, 0.25) is 0 Å². The lowest BCUT2D eigenvalue weighted by Gasteiger charge is -2.60. The summed E-state index contributed by atoms with van der Waals surface area (Å²) in [7, 11) is 1.71. The Bertz CT molecular complexity index is 703. The molecular formula is C20H26N2O2. The Kier molecular flexibility index (Phi) is 3.08. The van der Waals surface area contributed by atoms with Crippen LogP contribution in [0.4, 0.5) is 5.69 Å². The van der Waals surface area contributed by atoms with E-state index in [9.17, 15) is 5.11 Å². The zero-order valence-electron chi connectivity index (χ0n) is 14.5. The summed E-state index contributed by atoms with van der Waals surface area (Å²) in [4.78, 5) is 4.97. The van der Waals surface area contributed by atoms with E-state index in [1.165, 1.54) is 17.7 Å². The SMILES string of the molecule is CC[C@@]12C=CCN3CC[C@H]4c5ccc(OC)cc5N([C@H]4[C@@H]31)[C@@H](O)C2. The third-order valence-electron chi connectivity index (χ3n) is 7.01. The normalized spacial score (nSPS) is 39.5. The largest absolute Gasteiger partial charge is 0.497 e. The number of piperidine rings is 2. The van der Waals surface area contributed by atoms with Crippen molar-refractivity contribution in [3.8, 4) is 5.75 Å². The maximum Gasteiger partial charge on any atom is 0.128 e. The predicted octanol–water partition coefficient (Wildman–Crippen LogP) is 2.73. The van der Waals surface area contributed by atoms with Crippen LogP contribution in [0.3, 0.4) is 0 Å². The molecule has 128 valence electrons. The quantitative estimate of drug-likeness (QED) is 0.848. The lowest BCUT2D eigenvalue weighted by molar-refractivity contribution is -0.0422. The van der Waals surface area contributed by atoms with E-state index in [-0.39, 0.29) is 5.41 Å². The van der Waals surface area contributed by atoms with Gasteiger partial charge in [-0.15, -0.1) is 0 Å². The standard InChI is InChI=1S/C20H26N2O2/c1-3-20-8-4-9-21-10-7-15-14-6-5-13(24-2)11-16(14)22(17(23)12-20)18(15)19(20)21/h4-6,8,11,15,17-19,23H,3,7,9-10,12H2,1-2H3/t15-,17-,18+,19+,20-/m0/s1. The Labute approximate surface area is 143 Å². The number of anilines is 1. The Morgan fingerprint density at radius 2 is 2.25 bits per heavy atom. The van der Waals surface area contributed by atoms with Crippen LogP contribution in [0.1, 0.15) is 37.7 Å². The average molecular weight is 326 g/mol. The van der Waals surface area contributed by atoms with E-state index < -0.39 is 6.23 Å². The second kappa shape index (κ2) is 4.99. The number of hydrogen-bond acceptors (Lipinski definition) is 4. The summed E-state index contributed by atoms with van der Waals surface area (Å²) in [5, 5.41) is 11.1. The van der Waals surface area contributed by atoms with Gasteiger partial charge in [0.1, 0.15) is 12.0 Å². The topological polar surface area (TPSA) is 35.9 Å². The minimum Gasteiger partial charge on any atom is -0.497 e. The number of methoxy groups -OCH3 is 1. The molecule has 5 rings (SSSR count). The number of rotatable bonds is 2. The molecule has 4 heterocycles. The van der Waals surface area contributed by atoms with Crippen LogP contribution >= 0.6 is 0 Å². The van der Waals surface area contributed by atoms with Crippen molar-refractivity contribution in [3.63, 3.8) is 0 Å². The smallest absolute Gasteiger partial charge is 0.128 e. The number of aliphatic hydroxyl groups excluding tert-OH is 1. The summed E-state index contributed by atoms with van der Waals surface area (Å²) < 4.78 is 5.45. The molecule has 1 aromatic rings. The van der Waals surface area contributed by atoms with E-state index in [2.05, 4.69) is 47.1 Å². The third kappa shape index (κ3) is 1.71. The number of fused-ring (bicyclic) bond motifs is 3. The second-order valence-corrected chi connectivity index (χ2v) is 7.83. The first-order valence-electron chi connectivity index (χ1n) is 9.24. The van der Waals surface area contributed by atoms with Gasteiger partial charge in [0.2, 0.25) is 0 Å². The fourth-order valence-corrected chi connectivity index (χ4v) is 5.97. The monoisotopic (exact) mass is 326 g/mol. The molecule has 1 N–H and O–H groups in total. The molecule has 4 nitrogen and oxygen atoms in total. The van der Waals surface area contributed by atoms with Crippen LogP contribution in [0.25, 0.3) is 0 Å². The molecule has 4 heteroatoms. The van der Waals surface area contributed by atoms with Gasteiger partial charge in [0.15, 0.2) is 0 Å². The van der Waals surface area contributed by atoms with Crippen molar-refractivity contribution in [1.29, 1.82) is 0 Å². The molecule has 2 fully saturated rings. The summed E-state index contributed by atoms with van der Waals surface area (Å²) in [6.07, 6.45) is 7.43. The molecule has 24 heavy (non-hydrogen) atoms. The zero-order valence-corrected chi connectivity index (χ0v) is 14.5. The molecule has 2 saturated heterocycles. The van der Waals surface area contributed by atoms with Crippen LogP contribution in [0, 0.1) is 5.41 Å². The zero-order chi connectivity index (χ0) is 16.5. The van der Waals surface area contributed by atoms with Crippen LogP contribution in [0.15, 0.2) is 30.4 Å². The Morgan fingerprint density at radius 1 is 1.38 bits per heavy atom. The van der Waals surface area contributed by atoms with Gasteiger partial charge in [0, 0.05) is 42.1 Å². The molecule has 0 aromatic heterocycles. The maximum atomic E-state index is 11.1. The first-order valence-corrected chi connectivity index (χ1v) is 9.24. The van der Waals surface area contributed by atoms with E-state index in [1.807, 2.05) is 0 Å². The van der Waals surface area contributed by atoms with Crippen molar-refractivity contribution in [3.05, 3.63) is 35.9 Å². The third-order valence-corrected chi connectivity index (χ3v) is 7.01. The highest BCUT2D eigenvalue weighted by molar-refractivity contribution is 5.66. The number of benzene rings is 1. The first-order chi connectivity index (χ1) is 11.7. The van der Waals surface area contributed by atoms with Gasteiger partial charge in [-0.05, 0) is 31.0 Å². The van der Waals surface area contributed by atoms with Crippen LogP contribution in [-0.2, 0) is 0 Å². The van der Waals surface area contributed by atoms with E-state index >= 15 is 0 Å². The van der Waals surface area contributed by atoms with E-state index in [4.69, 9.17) is 4.74 Å². The number of nitrogens with zero attached hydrogens (tertiary/aromatic N) is 2. The van der Waals surface area contributed by atoms with Crippen LogP contribution in [-0.4, -0.2) is 48.5 Å². The van der Waals surface area contributed by atoms with Gasteiger partial charge in [-0.2, -0.15) is 0 Å². The lowest BCUT2D eigenvalue weighted by Crippen LogP contribution is -2.69. The fourth-order valence-electron chi connectivity index (χ4n) is 5.97. The van der Waals surface area contributed by atoms with Crippen molar-refractivity contribution < 1.29 is 9.84 Å². The van der Waals surface area contributed by atoms with Gasteiger partial charge in [-0.1, -0.05) is 25.1 Å². The van der Waals surface area contributed by atoms with Gasteiger partial charge < -0.3 is 14.7 Å². The van der Waals surface area contributed by atoms with Crippen molar-refractivity contribution in [1.82, 2.24) is 4.90 Å². The fraction of sp³-hybridized carbons (Fsp3) is 0.600. The lowest BCUT2D eigenvalue weighted by atomic mass is 9.63. The molecule has 0 saturated carbocycles.